The van der Waals surface area contributed by atoms with Gasteiger partial charge in [-0.2, -0.15) is 9.52 Å². The van der Waals surface area contributed by atoms with Gasteiger partial charge in [-0.15, -0.1) is 11.3 Å². The van der Waals surface area contributed by atoms with Crippen molar-refractivity contribution in [2.45, 2.75) is 12.5 Å². The fourth-order valence-electron chi connectivity index (χ4n) is 2.30. The van der Waals surface area contributed by atoms with Crippen LogP contribution < -0.4 is 0 Å². The maximum Gasteiger partial charge on any atom is 0.247 e. The second-order valence-corrected chi connectivity index (χ2v) is 7.64. The zero-order chi connectivity index (χ0) is 15.0. The van der Waals surface area contributed by atoms with E-state index >= 15 is 0 Å². The summed E-state index contributed by atoms with van der Waals surface area (Å²) in [5, 5.41) is 6.15. The number of hydrogen-bond donors (Lipinski definition) is 0. The number of sulfonamides is 1. The molecule has 0 radical (unpaired) electrons. The molecule has 0 spiro atoms. The molecule has 0 aliphatic carbocycles. The first-order valence-corrected chi connectivity index (χ1v) is 9.04. The summed E-state index contributed by atoms with van der Waals surface area (Å²) in [4.78, 5) is 0.946. The molecule has 4 nitrogen and oxygen atoms in total. The zero-order valence-corrected chi connectivity index (χ0v) is 12.9. The highest BCUT2D eigenvalue weighted by atomic mass is 32.2. The first-order chi connectivity index (χ1) is 9.95. The van der Waals surface area contributed by atoms with Crippen molar-refractivity contribution in [3.8, 4) is 0 Å². The first-order valence-electron chi connectivity index (χ1n) is 6.31. The summed E-state index contributed by atoms with van der Waals surface area (Å²) >= 11 is 1.50. The van der Waals surface area contributed by atoms with E-state index in [-0.39, 0.29) is 11.9 Å². The predicted molar refractivity (Wildman–Crippen MR) is 81.3 cm³/mol. The molecular weight excluding hydrogens is 311 g/mol. The Morgan fingerprint density at radius 3 is 2.57 bits per heavy atom. The molecular formula is C14H13FN2O2S2. The van der Waals surface area contributed by atoms with Gasteiger partial charge in [0.15, 0.2) is 0 Å². The molecule has 110 valence electrons. The van der Waals surface area contributed by atoms with Crippen LogP contribution in [-0.2, 0) is 10.0 Å². The van der Waals surface area contributed by atoms with Crippen molar-refractivity contribution in [3.63, 3.8) is 0 Å². The fraction of sp³-hybridized carbons (Fsp3) is 0.214. The normalized spacial score (nSPS) is 18.9. The average Bonchev–Trinajstić information content (AvgIpc) is 3.07. The van der Waals surface area contributed by atoms with Crippen molar-refractivity contribution in [2.24, 2.45) is 5.10 Å². The minimum Gasteiger partial charge on any atom is -0.207 e. The molecule has 21 heavy (non-hydrogen) atoms. The van der Waals surface area contributed by atoms with Gasteiger partial charge in [-0.1, -0.05) is 18.2 Å². The third-order valence-corrected chi connectivity index (χ3v) is 5.25. The van der Waals surface area contributed by atoms with Crippen LogP contribution in [0, 0.1) is 5.82 Å². The Morgan fingerprint density at radius 1 is 1.29 bits per heavy atom. The van der Waals surface area contributed by atoms with Crippen LogP contribution in [0.2, 0.25) is 0 Å². The van der Waals surface area contributed by atoms with Gasteiger partial charge in [0.2, 0.25) is 10.0 Å². The van der Waals surface area contributed by atoms with Crippen LogP contribution in [0.3, 0.4) is 0 Å². The highest BCUT2D eigenvalue weighted by Crippen LogP contribution is 2.36. The van der Waals surface area contributed by atoms with E-state index in [0.717, 1.165) is 21.1 Å². The second-order valence-electron chi connectivity index (χ2n) is 4.82. The smallest absolute Gasteiger partial charge is 0.207 e. The van der Waals surface area contributed by atoms with Crippen molar-refractivity contribution in [3.05, 3.63) is 58.0 Å². The van der Waals surface area contributed by atoms with E-state index in [1.54, 1.807) is 12.1 Å². The molecule has 0 fully saturated rings. The Morgan fingerprint density at radius 2 is 2.00 bits per heavy atom. The summed E-state index contributed by atoms with van der Waals surface area (Å²) in [6.45, 7) is 0. The van der Waals surface area contributed by atoms with Crippen LogP contribution in [0.4, 0.5) is 4.39 Å². The Balaban J connectivity index is 1.99. The molecule has 1 aromatic carbocycles. The summed E-state index contributed by atoms with van der Waals surface area (Å²) < 4.78 is 38.0. The molecule has 0 amide bonds. The number of rotatable bonds is 3. The lowest BCUT2D eigenvalue weighted by atomic mass is 10.0. The standard InChI is InChI=1S/C14H13FN2O2S2/c1-21(18,19)17-13(14-3-2-8-20-14)9-12(16-17)10-4-6-11(15)7-5-10/h2-8,13H,9H2,1H3. The van der Waals surface area contributed by atoms with Crippen molar-refractivity contribution in [1.29, 1.82) is 0 Å². The minimum absolute atomic E-state index is 0.319. The molecule has 3 rings (SSSR count). The van der Waals surface area contributed by atoms with Gasteiger partial charge >= 0.3 is 0 Å². The number of halogens is 1. The number of benzene rings is 1. The van der Waals surface area contributed by atoms with E-state index < -0.39 is 10.0 Å². The fourth-order valence-corrected chi connectivity index (χ4v) is 4.08. The van der Waals surface area contributed by atoms with E-state index in [0.29, 0.717) is 12.1 Å². The Bertz CT molecular complexity index is 768. The minimum atomic E-state index is -3.45. The van der Waals surface area contributed by atoms with Crippen molar-refractivity contribution < 1.29 is 12.8 Å². The monoisotopic (exact) mass is 324 g/mol. The average molecular weight is 324 g/mol. The topological polar surface area (TPSA) is 49.7 Å². The third kappa shape index (κ3) is 2.84. The number of hydrogen-bond acceptors (Lipinski definition) is 4. The van der Waals surface area contributed by atoms with Crippen LogP contribution >= 0.6 is 11.3 Å². The quantitative estimate of drug-likeness (QED) is 0.871. The number of hydrazone groups is 1. The van der Waals surface area contributed by atoms with Gasteiger partial charge in [0.1, 0.15) is 11.9 Å². The second kappa shape index (κ2) is 5.23. The van der Waals surface area contributed by atoms with Gasteiger partial charge in [0, 0.05) is 11.3 Å². The molecule has 7 heteroatoms. The van der Waals surface area contributed by atoms with Crippen LogP contribution in [0.15, 0.2) is 46.9 Å². The van der Waals surface area contributed by atoms with E-state index in [2.05, 4.69) is 5.10 Å². The van der Waals surface area contributed by atoms with Gasteiger partial charge in [0.05, 0.1) is 12.0 Å². The SMILES string of the molecule is CS(=O)(=O)N1N=C(c2ccc(F)cc2)CC1c1cccs1. The summed E-state index contributed by atoms with van der Waals surface area (Å²) in [6.07, 6.45) is 1.63. The zero-order valence-electron chi connectivity index (χ0n) is 11.2. The van der Waals surface area contributed by atoms with Crippen LogP contribution in [0.25, 0.3) is 0 Å². The molecule has 2 aromatic rings. The molecule has 0 saturated heterocycles. The van der Waals surface area contributed by atoms with E-state index in [1.165, 1.54) is 23.5 Å². The van der Waals surface area contributed by atoms with E-state index in [4.69, 9.17) is 0 Å². The third-order valence-electron chi connectivity index (χ3n) is 3.26. The maximum absolute atomic E-state index is 13.0. The Kier molecular flexibility index (Phi) is 3.54. The summed E-state index contributed by atoms with van der Waals surface area (Å²) in [6, 6.07) is 9.39. The van der Waals surface area contributed by atoms with E-state index in [9.17, 15) is 12.8 Å². The van der Waals surface area contributed by atoms with Gasteiger partial charge in [0.25, 0.3) is 0 Å². The van der Waals surface area contributed by atoms with E-state index in [1.807, 2.05) is 17.5 Å². The summed E-state index contributed by atoms with van der Waals surface area (Å²) in [5.41, 5.74) is 1.39. The largest absolute Gasteiger partial charge is 0.247 e. The molecule has 1 atom stereocenters. The molecule has 1 aliphatic heterocycles. The molecule has 1 unspecified atom stereocenters. The molecule has 1 aromatic heterocycles. The van der Waals surface area contributed by atoms with Gasteiger partial charge in [-0.3, -0.25) is 0 Å². The van der Waals surface area contributed by atoms with Crippen molar-refractivity contribution in [1.82, 2.24) is 4.41 Å². The first kappa shape index (κ1) is 14.2. The molecule has 1 aliphatic rings. The van der Waals surface area contributed by atoms with Crippen LogP contribution in [0.5, 0.6) is 0 Å². The maximum atomic E-state index is 13.0. The summed E-state index contributed by atoms with van der Waals surface area (Å²) in [7, 11) is -3.45. The molecule has 2 heterocycles. The van der Waals surface area contributed by atoms with Gasteiger partial charge < -0.3 is 0 Å². The van der Waals surface area contributed by atoms with Gasteiger partial charge in [-0.05, 0) is 29.1 Å². The lowest BCUT2D eigenvalue weighted by Gasteiger charge is -2.19. The molecule has 0 bridgehead atoms. The van der Waals surface area contributed by atoms with Gasteiger partial charge in [-0.25, -0.2) is 12.8 Å². The summed E-state index contributed by atoms with van der Waals surface area (Å²) in [5.74, 6) is -0.327. The van der Waals surface area contributed by atoms with Crippen molar-refractivity contribution >= 4 is 27.1 Å². The number of nitrogens with zero attached hydrogens (tertiary/aromatic N) is 2. The Hall–Kier alpha value is -1.73. The lowest BCUT2D eigenvalue weighted by Crippen LogP contribution is -2.25. The molecule has 0 saturated carbocycles. The highest BCUT2D eigenvalue weighted by Gasteiger charge is 2.34. The van der Waals surface area contributed by atoms with Crippen LogP contribution in [-0.4, -0.2) is 24.8 Å². The van der Waals surface area contributed by atoms with Crippen molar-refractivity contribution in [2.75, 3.05) is 6.26 Å². The van der Waals surface area contributed by atoms with Crippen LogP contribution in [0.1, 0.15) is 22.9 Å². The lowest BCUT2D eigenvalue weighted by molar-refractivity contribution is 0.379. The highest BCUT2D eigenvalue weighted by molar-refractivity contribution is 7.88. The number of thiophene rings is 1. The predicted octanol–water partition coefficient (Wildman–Crippen LogP) is 3.00. The Labute approximate surface area is 126 Å². The molecule has 0 N–H and O–H groups in total.